The van der Waals surface area contributed by atoms with Gasteiger partial charge in [0.15, 0.2) is 5.82 Å². The van der Waals surface area contributed by atoms with E-state index in [0.29, 0.717) is 23.0 Å². The van der Waals surface area contributed by atoms with Crippen molar-refractivity contribution in [3.8, 4) is 17.1 Å². The zero-order valence-electron chi connectivity index (χ0n) is 14.6. The van der Waals surface area contributed by atoms with E-state index in [-0.39, 0.29) is 5.91 Å². The second kappa shape index (κ2) is 6.79. The van der Waals surface area contributed by atoms with Crippen LogP contribution in [0.2, 0.25) is 0 Å². The molecule has 0 fully saturated rings. The van der Waals surface area contributed by atoms with Gasteiger partial charge < -0.3 is 9.84 Å². The minimum absolute atomic E-state index is 0.210. The fourth-order valence-electron chi connectivity index (χ4n) is 2.64. The van der Waals surface area contributed by atoms with Crippen molar-refractivity contribution in [2.75, 3.05) is 5.32 Å². The van der Waals surface area contributed by atoms with Crippen LogP contribution in [0.1, 0.15) is 21.7 Å². The number of nitrogens with one attached hydrogen (secondary N) is 1. The van der Waals surface area contributed by atoms with Gasteiger partial charge in [0.25, 0.3) is 11.8 Å². The molecule has 0 radical (unpaired) electrons. The topological polar surface area (TPSA) is 112 Å². The molecule has 0 aliphatic heterocycles. The van der Waals surface area contributed by atoms with E-state index in [4.69, 9.17) is 4.52 Å². The van der Waals surface area contributed by atoms with Gasteiger partial charge in [-0.1, -0.05) is 5.16 Å². The van der Waals surface area contributed by atoms with Crippen molar-refractivity contribution >= 4 is 11.6 Å². The van der Waals surface area contributed by atoms with Crippen LogP contribution in [0.4, 0.5) is 5.69 Å². The first-order chi connectivity index (χ1) is 13.1. The van der Waals surface area contributed by atoms with Crippen LogP contribution in [-0.2, 0) is 0 Å². The molecule has 4 aromatic rings. The van der Waals surface area contributed by atoms with Gasteiger partial charge in [-0.3, -0.25) is 4.79 Å². The number of tetrazole rings is 1. The van der Waals surface area contributed by atoms with Gasteiger partial charge in [0.2, 0.25) is 0 Å². The summed E-state index contributed by atoms with van der Waals surface area (Å²) >= 11 is 0. The fourth-order valence-corrected chi connectivity index (χ4v) is 2.64. The number of carbonyl (C=O) groups is 1. The molecule has 0 saturated heterocycles. The lowest BCUT2D eigenvalue weighted by molar-refractivity contribution is 0.102. The lowest BCUT2D eigenvalue weighted by Crippen LogP contribution is -2.12. The van der Waals surface area contributed by atoms with Crippen molar-refractivity contribution < 1.29 is 9.32 Å². The number of hydrogen-bond acceptors (Lipinski definition) is 7. The van der Waals surface area contributed by atoms with E-state index in [0.717, 1.165) is 16.8 Å². The minimum atomic E-state index is -0.210. The van der Waals surface area contributed by atoms with Crippen LogP contribution in [0, 0.1) is 13.8 Å². The van der Waals surface area contributed by atoms with Gasteiger partial charge in [0, 0.05) is 16.8 Å². The Morgan fingerprint density at radius 1 is 1.11 bits per heavy atom. The second-order valence-corrected chi connectivity index (χ2v) is 5.93. The van der Waals surface area contributed by atoms with E-state index in [1.807, 2.05) is 19.1 Å². The van der Waals surface area contributed by atoms with Gasteiger partial charge in [0.05, 0.1) is 5.69 Å². The average molecular weight is 361 g/mol. The predicted octanol–water partition coefficient (Wildman–Crippen LogP) is 2.58. The molecule has 2 aromatic heterocycles. The van der Waals surface area contributed by atoms with Crippen LogP contribution in [-0.4, -0.2) is 36.3 Å². The van der Waals surface area contributed by atoms with E-state index in [1.165, 1.54) is 6.33 Å². The van der Waals surface area contributed by atoms with Gasteiger partial charge in [-0.05, 0) is 72.3 Å². The monoisotopic (exact) mass is 361 g/mol. The molecule has 1 N–H and O–H groups in total. The van der Waals surface area contributed by atoms with E-state index < -0.39 is 0 Å². The molecule has 0 unspecified atom stereocenters. The molecule has 27 heavy (non-hydrogen) atoms. The predicted molar refractivity (Wildman–Crippen MR) is 96.3 cm³/mol. The highest BCUT2D eigenvalue weighted by Crippen LogP contribution is 2.20. The summed E-state index contributed by atoms with van der Waals surface area (Å²) in [6.07, 6.45) is 1.52. The number of amides is 1. The molecule has 0 saturated carbocycles. The molecule has 1 amide bonds. The highest BCUT2D eigenvalue weighted by Gasteiger charge is 2.11. The molecular weight excluding hydrogens is 346 g/mol. The fraction of sp³-hybridized carbons (Fsp3) is 0.111. The van der Waals surface area contributed by atoms with Crippen molar-refractivity contribution in [3.63, 3.8) is 0 Å². The van der Waals surface area contributed by atoms with Crippen LogP contribution in [0.25, 0.3) is 17.1 Å². The number of carbonyl (C=O) groups excluding carboxylic acids is 1. The molecule has 2 aromatic carbocycles. The SMILES string of the molecule is Cc1noc(-c2ccc(C(=O)Nc3ccc(-n4cnnn4)c(C)c3)cc2)n1. The third kappa shape index (κ3) is 3.43. The van der Waals surface area contributed by atoms with E-state index in [2.05, 4.69) is 31.0 Å². The number of nitrogens with zero attached hydrogens (tertiary/aromatic N) is 6. The number of rotatable bonds is 4. The highest BCUT2D eigenvalue weighted by molar-refractivity contribution is 6.04. The molecule has 134 valence electrons. The zero-order valence-corrected chi connectivity index (χ0v) is 14.6. The van der Waals surface area contributed by atoms with Gasteiger partial charge in [-0.2, -0.15) is 4.98 Å². The van der Waals surface area contributed by atoms with E-state index >= 15 is 0 Å². The number of benzene rings is 2. The smallest absolute Gasteiger partial charge is 0.257 e. The summed E-state index contributed by atoms with van der Waals surface area (Å²) in [7, 11) is 0. The number of aromatic nitrogens is 6. The van der Waals surface area contributed by atoms with Crippen molar-refractivity contribution in [1.82, 2.24) is 30.3 Å². The maximum Gasteiger partial charge on any atom is 0.257 e. The molecule has 0 aliphatic carbocycles. The molecule has 2 heterocycles. The second-order valence-electron chi connectivity index (χ2n) is 5.93. The molecular formula is C18H15N7O2. The first kappa shape index (κ1) is 16.6. The summed E-state index contributed by atoms with van der Waals surface area (Å²) in [5.74, 6) is 0.776. The number of aryl methyl sites for hydroxylation is 2. The van der Waals surface area contributed by atoms with Gasteiger partial charge in [0.1, 0.15) is 6.33 Å². The molecule has 9 heteroatoms. The Bertz CT molecular complexity index is 1090. The van der Waals surface area contributed by atoms with Crippen molar-refractivity contribution in [2.24, 2.45) is 0 Å². The van der Waals surface area contributed by atoms with Gasteiger partial charge in [-0.25, -0.2) is 4.68 Å². The van der Waals surface area contributed by atoms with Crippen molar-refractivity contribution in [2.45, 2.75) is 13.8 Å². The Morgan fingerprint density at radius 3 is 2.56 bits per heavy atom. The summed E-state index contributed by atoms with van der Waals surface area (Å²) in [6.45, 7) is 3.68. The van der Waals surface area contributed by atoms with E-state index in [9.17, 15) is 4.79 Å². The Morgan fingerprint density at radius 2 is 1.93 bits per heavy atom. The van der Waals surface area contributed by atoms with E-state index in [1.54, 1.807) is 41.9 Å². The average Bonchev–Trinajstić information content (AvgIpc) is 3.34. The summed E-state index contributed by atoms with van der Waals surface area (Å²) in [4.78, 5) is 16.7. The Hall–Kier alpha value is -3.88. The minimum Gasteiger partial charge on any atom is -0.334 e. The lowest BCUT2D eigenvalue weighted by atomic mass is 10.1. The molecule has 0 bridgehead atoms. The first-order valence-corrected chi connectivity index (χ1v) is 8.16. The molecule has 4 rings (SSSR count). The quantitative estimate of drug-likeness (QED) is 0.594. The third-order valence-corrected chi connectivity index (χ3v) is 3.97. The zero-order chi connectivity index (χ0) is 18.8. The molecule has 9 nitrogen and oxygen atoms in total. The lowest BCUT2D eigenvalue weighted by Gasteiger charge is -2.09. The summed E-state index contributed by atoms with van der Waals surface area (Å²) in [5, 5.41) is 17.8. The Labute approximate surface area is 154 Å². The van der Waals surface area contributed by atoms with Crippen molar-refractivity contribution in [3.05, 3.63) is 65.7 Å². The summed E-state index contributed by atoms with van der Waals surface area (Å²) < 4.78 is 6.69. The van der Waals surface area contributed by atoms with Crippen LogP contribution in [0.15, 0.2) is 53.3 Å². The highest BCUT2D eigenvalue weighted by atomic mass is 16.5. The maximum atomic E-state index is 12.5. The van der Waals surface area contributed by atoms with Gasteiger partial charge in [-0.15, -0.1) is 5.10 Å². The number of hydrogen-bond donors (Lipinski definition) is 1. The number of anilines is 1. The summed E-state index contributed by atoms with van der Waals surface area (Å²) in [5.41, 5.74) is 3.75. The van der Waals surface area contributed by atoms with Crippen LogP contribution >= 0.6 is 0 Å². The van der Waals surface area contributed by atoms with Crippen LogP contribution < -0.4 is 5.32 Å². The van der Waals surface area contributed by atoms with Crippen LogP contribution in [0.5, 0.6) is 0 Å². The largest absolute Gasteiger partial charge is 0.334 e. The third-order valence-electron chi connectivity index (χ3n) is 3.97. The van der Waals surface area contributed by atoms with Crippen LogP contribution in [0.3, 0.4) is 0 Å². The normalized spacial score (nSPS) is 10.7. The first-order valence-electron chi connectivity index (χ1n) is 8.16. The molecule has 0 spiro atoms. The molecule has 0 aliphatic rings. The molecule has 0 atom stereocenters. The summed E-state index contributed by atoms with van der Waals surface area (Å²) in [6, 6.07) is 12.5. The maximum absolute atomic E-state index is 12.5. The Kier molecular flexibility index (Phi) is 4.17. The van der Waals surface area contributed by atoms with Crippen molar-refractivity contribution in [1.29, 1.82) is 0 Å². The standard InChI is InChI=1S/C18H15N7O2/c1-11-9-15(7-8-16(11)25-10-19-23-24-25)21-17(26)13-3-5-14(6-4-13)18-20-12(2)22-27-18/h3-10H,1-2H3,(H,21,26). The Balaban J connectivity index is 1.50. The van der Waals surface area contributed by atoms with Gasteiger partial charge >= 0.3 is 0 Å².